The molecule has 0 atom stereocenters. The minimum Gasteiger partial charge on any atom is -0.371 e. The zero-order valence-corrected chi connectivity index (χ0v) is 15.7. The van der Waals surface area contributed by atoms with Gasteiger partial charge in [-0.1, -0.05) is 42.5 Å². The fourth-order valence-electron chi connectivity index (χ4n) is 3.81. The Kier molecular flexibility index (Phi) is 5.80. The number of benzene rings is 2. The molecule has 1 aliphatic heterocycles. The molecule has 0 spiro atoms. The predicted molar refractivity (Wildman–Crippen MR) is 113 cm³/mol. The minimum absolute atomic E-state index is 0.631. The third kappa shape index (κ3) is 4.75. The van der Waals surface area contributed by atoms with E-state index in [0.717, 1.165) is 26.1 Å². The lowest BCUT2D eigenvalue weighted by atomic mass is 10.0. The Morgan fingerprint density at radius 3 is 2.19 bits per heavy atom. The molecule has 1 fully saturated rings. The highest BCUT2D eigenvalue weighted by atomic mass is 15.1. The predicted octanol–water partition coefficient (Wildman–Crippen LogP) is 4.55. The number of piperidine rings is 1. The second-order valence-electron chi connectivity index (χ2n) is 7.23. The summed E-state index contributed by atoms with van der Waals surface area (Å²) < 4.78 is 0. The molecule has 0 radical (unpaired) electrons. The van der Waals surface area contributed by atoms with Crippen LogP contribution in [-0.4, -0.2) is 30.7 Å². The summed E-state index contributed by atoms with van der Waals surface area (Å²) in [6, 6.07) is 24.4. The lowest BCUT2D eigenvalue weighted by molar-refractivity contribution is 0.417. The summed E-state index contributed by atoms with van der Waals surface area (Å²) in [7, 11) is 0. The fourth-order valence-corrected chi connectivity index (χ4v) is 3.81. The van der Waals surface area contributed by atoms with Crippen molar-refractivity contribution in [2.75, 3.05) is 24.5 Å². The van der Waals surface area contributed by atoms with Crippen LogP contribution >= 0.6 is 0 Å². The third-order valence-electron chi connectivity index (χ3n) is 5.43. The van der Waals surface area contributed by atoms with Crippen molar-refractivity contribution in [3.8, 4) is 11.1 Å². The highest BCUT2D eigenvalue weighted by Gasteiger charge is 2.18. The monoisotopic (exact) mass is 357 g/mol. The van der Waals surface area contributed by atoms with Crippen molar-refractivity contribution >= 4 is 5.69 Å². The Balaban J connectivity index is 1.25. The maximum Gasteiger partial charge on any atom is 0.0366 e. The molecule has 138 valence electrons. The van der Waals surface area contributed by atoms with Gasteiger partial charge in [0, 0.05) is 37.2 Å². The van der Waals surface area contributed by atoms with Crippen LogP contribution in [0.3, 0.4) is 0 Å². The normalized spacial score (nSPS) is 15.0. The molecule has 1 N–H and O–H groups in total. The molecule has 1 aliphatic rings. The van der Waals surface area contributed by atoms with E-state index in [1.165, 1.54) is 35.2 Å². The van der Waals surface area contributed by atoms with Gasteiger partial charge in [0.25, 0.3) is 0 Å². The molecule has 1 aromatic heterocycles. The summed E-state index contributed by atoms with van der Waals surface area (Å²) in [6.45, 7) is 3.29. The van der Waals surface area contributed by atoms with Gasteiger partial charge in [-0.2, -0.15) is 0 Å². The van der Waals surface area contributed by atoms with E-state index in [1.807, 2.05) is 12.4 Å². The molecule has 0 bridgehead atoms. The molecule has 27 heavy (non-hydrogen) atoms. The Bertz CT molecular complexity index is 807. The van der Waals surface area contributed by atoms with Crippen molar-refractivity contribution in [1.82, 2.24) is 10.3 Å². The zero-order chi connectivity index (χ0) is 18.3. The number of hydrogen-bond acceptors (Lipinski definition) is 3. The Morgan fingerprint density at radius 1 is 0.815 bits per heavy atom. The highest BCUT2D eigenvalue weighted by molar-refractivity contribution is 5.66. The topological polar surface area (TPSA) is 28.2 Å². The van der Waals surface area contributed by atoms with Gasteiger partial charge in [0.05, 0.1) is 0 Å². The van der Waals surface area contributed by atoms with E-state index < -0.39 is 0 Å². The Morgan fingerprint density at radius 2 is 1.48 bits per heavy atom. The average Bonchev–Trinajstić information content (AvgIpc) is 2.76. The lowest BCUT2D eigenvalue weighted by Crippen LogP contribution is -2.43. The van der Waals surface area contributed by atoms with E-state index in [-0.39, 0.29) is 0 Å². The van der Waals surface area contributed by atoms with Crippen molar-refractivity contribution in [2.24, 2.45) is 0 Å². The van der Waals surface area contributed by atoms with Gasteiger partial charge in [0.1, 0.15) is 0 Å². The van der Waals surface area contributed by atoms with Gasteiger partial charge < -0.3 is 10.2 Å². The molecule has 0 aliphatic carbocycles. The molecule has 0 unspecified atom stereocenters. The molecule has 3 nitrogen and oxygen atoms in total. The summed E-state index contributed by atoms with van der Waals surface area (Å²) in [5.74, 6) is 0. The zero-order valence-electron chi connectivity index (χ0n) is 15.7. The molecule has 0 amide bonds. The number of nitrogens with zero attached hydrogens (tertiary/aromatic N) is 2. The average molecular weight is 358 g/mol. The van der Waals surface area contributed by atoms with E-state index in [2.05, 4.69) is 81.9 Å². The van der Waals surface area contributed by atoms with E-state index in [4.69, 9.17) is 0 Å². The summed E-state index contributed by atoms with van der Waals surface area (Å²) in [6.07, 6.45) is 7.23. The van der Waals surface area contributed by atoms with Crippen LogP contribution in [0, 0.1) is 0 Å². The number of aromatic nitrogens is 1. The molecule has 2 aromatic carbocycles. The number of anilines is 1. The number of rotatable bonds is 6. The first-order valence-electron chi connectivity index (χ1n) is 9.91. The van der Waals surface area contributed by atoms with Gasteiger partial charge in [-0.05, 0) is 66.8 Å². The first kappa shape index (κ1) is 17.7. The summed E-state index contributed by atoms with van der Waals surface area (Å²) >= 11 is 0. The Labute approximate surface area is 162 Å². The molecule has 1 saturated heterocycles. The first-order chi connectivity index (χ1) is 13.4. The van der Waals surface area contributed by atoms with Crippen LogP contribution < -0.4 is 10.2 Å². The third-order valence-corrected chi connectivity index (χ3v) is 5.43. The second-order valence-corrected chi connectivity index (χ2v) is 7.23. The molecular weight excluding hydrogens is 330 g/mol. The van der Waals surface area contributed by atoms with Crippen molar-refractivity contribution in [3.05, 3.63) is 84.7 Å². The van der Waals surface area contributed by atoms with E-state index >= 15 is 0 Å². The summed E-state index contributed by atoms with van der Waals surface area (Å²) in [4.78, 5) is 6.59. The van der Waals surface area contributed by atoms with Crippen LogP contribution in [0.2, 0.25) is 0 Å². The molecule has 4 rings (SSSR count). The highest BCUT2D eigenvalue weighted by Crippen LogP contribution is 2.25. The van der Waals surface area contributed by atoms with Gasteiger partial charge >= 0.3 is 0 Å². The first-order valence-corrected chi connectivity index (χ1v) is 9.91. The smallest absolute Gasteiger partial charge is 0.0366 e. The van der Waals surface area contributed by atoms with Crippen molar-refractivity contribution in [2.45, 2.75) is 25.3 Å². The van der Waals surface area contributed by atoms with Crippen LogP contribution in [0.4, 0.5) is 5.69 Å². The summed E-state index contributed by atoms with van der Waals surface area (Å²) in [5.41, 5.74) is 5.26. The van der Waals surface area contributed by atoms with Crippen LogP contribution in [0.5, 0.6) is 0 Å². The maximum absolute atomic E-state index is 4.08. The standard InChI is InChI=1S/C24H27N3/c1-2-4-21(5-3-1)22-6-8-24(9-7-22)27-18-13-23(14-19-27)26-17-12-20-10-15-25-16-11-20/h1-11,15-16,23,26H,12-14,17-19H2. The van der Waals surface area contributed by atoms with E-state index in [1.54, 1.807) is 0 Å². The molecule has 2 heterocycles. The van der Waals surface area contributed by atoms with Crippen LogP contribution in [0.1, 0.15) is 18.4 Å². The minimum atomic E-state index is 0.631. The van der Waals surface area contributed by atoms with Gasteiger partial charge in [-0.15, -0.1) is 0 Å². The van der Waals surface area contributed by atoms with Gasteiger partial charge in [0.15, 0.2) is 0 Å². The SMILES string of the molecule is c1ccc(-c2ccc(N3CCC(NCCc4ccncc4)CC3)cc2)cc1. The molecular formula is C24H27N3. The Hall–Kier alpha value is -2.65. The number of hydrogen-bond donors (Lipinski definition) is 1. The van der Waals surface area contributed by atoms with E-state index in [0.29, 0.717) is 6.04 Å². The maximum atomic E-state index is 4.08. The quantitative estimate of drug-likeness (QED) is 0.701. The van der Waals surface area contributed by atoms with Gasteiger partial charge in [-0.25, -0.2) is 0 Å². The lowest BCUT2D eigenvalue weighted by Gasteiger charge is -2.34. The van der Waals surface area contributed by atoms with Gasteiger partial charge in [-0.3, -0.25) is 4.98 Å². The number of pyridine rings is 1. The largest absolute Gasteiger partial charge is 0.371 e. The molecule has 0 saturated carbocycles. The van der Waals surface area contributed by atoms with Crippen molar-refractivity contribution in [3.63, 3.8) is 0 Å². The van der Waals surface area contributed by atoms with Gasteiger partial charge in [0.2, 0.25) is 0 Å². The van der Waals surface area contributed by atoms with E-state index in [9.17, 15) is 0 Å². The molecule has 3 heteroatoms. The summed E-state index contributed by atoms with van der Waals surface area (Å²) in [5, 5.41) is 3.73. The molecule has 3 aromatic rings. The van der Waals surface area contributed by atoms with Crippen molar-refractivity contribution < 1.29 is 0 Å². The van der Waals surface area contributed by atoms with Crippen LogP contribution in [0.25, 0.3) is 11.1 Å². The van der Waals surface area contributed by atoms with Crippen LogP contribution in [0.15, 0.2) is 79.1 Å². The second kappa shape index (κ2) is 8.83. The van der Waals surface area contributed by atoms with Crippen LogP contribution in [-0.2, 0) is 6.42 Å². The number of nitrogens with one attached hydrogen (secondary N) is 1. The van der Waals surface area contributed by atoms with Crippen molar-refractivity contribution in [1.29, 1.82) is 0 Å². The fraction of sp³-hybridized carbons (Fsp3) is 0.292.